The minimum Gasteiger partial charge on any atom is -0.369 e. The van der Waals surface area contributed by atoms with Gasteiger partial charge in [-0.1, -0.05) is 12.2 Å². The summed E-state index contributed by atoms with van der Waals surface area (Å²) in [5, 5.41) is 0. The second-order valence-corrected chi connectivity index (χ2v) is 2.26. The maximum Gasteiger partial charge on any atom is 0.203 e. The third kappa shape index (κ3) is 1.73. The number of nitrogens with zero attached hydrogens (tertiary/aromatic N) is 1. The molecule has 0 fully saturated rings. The number of rotatable bonds is 1. The highest BCUT2D eigenvalue weighted by Gasteiger charge is 2.07. The molecule has 1 rings (SSSR count). The van der Waals surface area contributed by atoms with Crippen molar-refractivity contribution in [3.05, 3.63) is 12.2 Å². The molecule has 0 spiro atoms. The van der Waals surface area contributed by atoms with Crippen LogP contribution < -0.4 is 17.0 Å². The molecule has 1 aliphatic carbocycles. The van der Waals surface area contributed by atoms with Gasteiger partial charge in [0.15, 0.2) is 0 Å². The Labute approximate surface area is 60.0 Å². The zero-order valence-electron chi connectivity index (χ0n) is 5.75. The molecule has 0 saturated carbocycles. The van der Waals surface area contributed by atoms with Crippen molar-refractivity contribution in [2.75, 3.05) is 0 Å². The van der Waals surface area contributed by atoms with Crippen LogP contribution in [0.2, 0.25) is 0 Å². The molecule has 0 bridgehead atoms. The highest BCUT2D eigenvalue weighted by atomic mass is 15.3. The summed E-state index contributed by atoms with van der Waals surface area (Å²) < 4.78 is 0. The Bertz CT molecular complexity index is 153. The van der Waals surface area contributed by atoms with Gasteiger partial charge in [-0.3, -0.25) is 5.43 Å². The van der Waals surface area contributed by atoms with Gasteiger partial charge in [-0.15, -0.1) is 0 Å². The maximum absolute atomic E-state index is 5.34. The zero-order chi connectivity index (χ0) is 7.40. The van der Waals surface area contributed by atoms with Crippen molar-refractivity contribution in [2.24, 2.45) is 16.6 Å². The summed E-state index contributed by atoms with van der Waals surface area (Å²) in [4.78, 5) is 4.09. The molecule has 0 saturated heterocycles. The summed E-state index contributed by atoms with van der Waals surface area (Å²) >= 11 is 0. The minimum atomic E-state index is 0.302. The first-order chi connectivity index (χ1) is 4.83. The smallest absolute Gasteiger partial charge is 0.203 e. The minimum absolute atomic E-state index is 0.302. The molecule has 0 atom stereocenters. The van der Waals surface area contributed by atoms with Crippen molar-refractivity contribution in [3.63, 3.8) is 0 Å². The van der Waals surface area contributed by atoms with Crippen LogP contribution in [0.3, 0.4) is 0 Å². The normalized spacial score (nSPS) is 19.9. The van der Waals surface area contributed by atoms with Gasteiger partial charge >= 0.3 is 0 Å². The molecule has 0 unspecified atom stereocenters. The molecule has 0 aromatic heterocycles. The molecule has 1 aliphatic rings. The van der Waals surface area contributed by atoms with E-state index >= 15 is 0 Å². The van der Waals surface area contributed by atoms with Crippen molar-refractivity contribution in [1.82, 2.24) is 5.43 Å². The fourth-order valence-corrected chi connectivity index (χ4v) is 0.942. The second-order valence-electron chi connectivity index (χ2n) is 2.26. The lowest BCUT2D eigenvalue weighted by molar-refractivity contribution is 0.724. The van der Waals surface area contributed by atoms with Crippen LogP contribution in [0.15, 0.2) is 17.1 Å². The van der Waals surface area contributed by atoms with Crippen LogP contribution in [0.4, 0.5) is 0 Å². The van der Waals surface area contributed by atoms with E-state index in [-0.39, 0.29) is 0 Å². The first kappa shape index (κ1) is 7.08. The molecule has 0 radical (unpaired) electrons. The Balaban J connectivity index is 2.37. The summed E-state index contributed by atoms with van der Waals surface area (Å²) in [6.45, 7) is 0. The molecule has 0 aromatic rings. The molecule has 0 aromatic carbocycles. The first-order valence-electron chi connectivity index (χ1n) is 3.28. The van der Waals surface area contributed by atoms with E-state index in [2.05, 4.69) is 22.6 Å². The predicted octanol–water partition coefficient (Wildman–Crippen LogP) is -0.517. The number of hydrogen-bond acceptors (Lipinski definition) is 2. The van der Waals surface area contributed by atoms with Crippen LogP contribution in [-0.2, 0) is 0 Å². The lowest BCUT2D eigenvalue weighted by Gasteiger charge is -2.03. The fraction of sp³-hybridized carbons (Fsp3) is 0.500. The van der Waals surface area contributed by atoms with Crippen LogP contribution in [0.5, 0.6) is 0 Å². The lowest BCUT2D eigenvalue weighted by atomic mass is 10.2. The van der Waals surface area contributed by atoms with Gasteiger partial charge in [-0.25, -0.2) is 10.8 Å². The standard InChI is InChI=1S/C6H12N4/c7-6(10-8)9-5-3-1-2-4-5/h1-2,5H,3-4,8H2,(H3,7,9,10). The van der Waals surface area contributed by atoms with Crippen molar-refractivity contribution in [2.45, 2.75) is 18.9 Å². The second kappa shape index (κ2) is 3.22. The van der Waals surface area contributed by atoms with Gasteiger partial charge in [0.25, 0.3) is 0 Å². The van der Waals surface area contributed by atoms with Crippen molar-refractivity contribution in [1.29, 1.82) is 0 Å². The molecular formula is C6H12N4. The third-order valence-electron chi connectivity index (χ3n) is 1.45. The molecule has 0 aliphatic heterocycles. The van der Waals surface area contributed by atoms with Crippen molar-refractivity contribution >= 4 is 5.96 Å². The van der Waals surface area contributed by atoms with Crippen LogP contribution in [0, 0.1) is 0 Å². The Kier molecular flexibility index (Phi) is 2.28. The molecule has 4 heteroatoms. The van der Waals surface area contributed by atoms with Gasteiger partial charge in [0, 0.05) is 0 Å². The number of guanidine groups is 1. The van der Waals surface area contributed by atoms with Gasteiger partial charge < -0.3 is 5.73 Å². The maximum atomic E-state index is 5.34. The van der Waals surface area contributed by atoms with Gasteiger partial charge in [-0.2, -0.15) is 0 Å². The number of nitrogens with two attached hydrogens (primary N) is 2. The van der Waals surface area contributed by atoms with E-state index in [1.807, 2.05) is 0 Å². The van der Waals surface area contributed by atoms with Gasteiger partial charge in [0.1, 0.15) is 0 Å². The van der Waals surface area contributed by atoms with E-state index in [9.17, 15) is 0 Å². The fourth-order valence-electron chi connectivity index (χ4n) is 0.942. The SMILES string of the molecule is NNC(N)=NC1CC=CC1. The van der Waals surface area contributed by atoms with Gasteiger partial charge in [0.2, 0.25) is 5.96 Å². The number of hydrogen-bond donors (Lipinski definition) is 3. The van der Waals surface area contributed by atoms with Gasteiger partial charge in [-0.05, 0) is 12.8 Å². The Morgan fingerprint density at radius 3 is 2.60 bits per heavy atom. The molecule has 0 amide bonds. The monoisotopic (exact) mass is 140 g/mol. The summed E-state index contributed by atoms with van der Waals surface area (Å²) in [5.74, 6) is 5.34. The number of hydrazine groups is 1. The number of nitrogens with one attached hydrogen (secondary N) is 1. The van der Waals surface area contributed by atoms with E-state index in [0.717, 1.165) is 12.8 Å². The number of aliphatic imine (C=N–C) groups is 1. The third-order valence-corrected chi connectivity index (χ3v) is 1.45. The summed E-state index contributed by atoms with van der Waals surface area (Å²) in [5.41, 5.74) is 7.63. The van der Waals surface area contributed by atoms with E-state index in [4.69, 9.17) is 11.6 Å². The first-order valence-corrected chi connectivity index (χ1v) is 3.28. The molecule has 10 heavy (non-hydrogen) atoms. The molecule has 56 valence electrons. The Morgan fingerprint density at radius 2 is 2.10 bits per heavy atom. The molecule has 4 nitrogen and oxygen atoms in total. The van der Waals surface area contributed by atoms with Crippen LogP contribution in [-0.4, -0.2) is 12.0 Å². The lowest BCUT2D eigenvalue weighted by Crippen LogP contribution is -2.37. The highest BCUT2D eigenvalue weighted by molar-refractivity contribution is 5.77. The van der Waals surface area contributed by atoms with Crippen molar-refractivity contribution < 1.29 is 0 Å². The van der Waals surface area contributed by atoms with E-state index in [1.165, 1.54) is 0 Å². The summed E-state index contributed by atoms with van der Waals surface area (Å²) in [7, 11) is 0. The summed E-state index contributed by atoms with van der Waals surface area (Å²) in [6, 6.07) is 0.302. The predicted molar refractivity (Wildman–Crippen MR) is 41.1 cm³/mol. The summed E-state index contributed by atoms with van der Waals surface area (Å²) in [6.07, 6.45) is 6.14. The van der Waals surface area contributed by atoms with E-state index in [0.29, 0.717) is 12.0 Å². The average Bonchev–Trinajstić information content (AvgIpc) is 2.40. The van der Waals surface area contributed by atoms with Crippen LogP contribution in [0.25, 0.3) is 0 Å². The van der Waals surface area contributed by atoms with Crippen molar-refractivity contribution in [3.8, 4) is 0 Å². The van der Waals surface area contributed by atoms with E-state index in [1.54, 1.807) is 0 Å². The van der Waals surface area contributed by atoms with E-state index < -0.39 is 0 Å². The van der Waals surface area contributed by atoms with Gasteiger partial charge in [0.05, 0.1) is 6.04 Å². The molecule has 5 N–H and O–H groups in total. The molecular weight excluding hydrogens is 128 g/mol. The topological polar surface area (TPSA) is 76.4 Å². The highest BCUT2D eigenvalue weighted by Crippen LogP contribution is 2.12. The van der Waals surface area contributed by atoms with Crippen LogP contribution >= 0.6 is 0 Å². The molecule has 0 heterocycles. The van der Waals surface area contributed by atoms with Crippen LogP contribution in [0.1, 0.15) is 12.8 Å². The Morgan fingerprint density at radius 1 is 1.50 bits per heavy atom. The zero-order valence-corrected chi connectivity index (χ0v) is 5.75. The quantitative estimate of drug-likeness (QED) is 0.151. The average molecular weight is 140 g/mol. The largest absolute Gasteiger partial charge is 0.369 e. The Hall–Kier alpha value is -1.03.